The zero-order chi connectivity index (χ0) is 47.8. The van der Waals surface area contributed by atoms with Crippen LogP contribution in [0.5, 0.6) is 0 Å². The SMILES string of the molecule is Cc1ccc(Cn2c(Nc3cccc(C(F)(F)F)c3)nc(=O)n(C3CCCCC3)c2=O)cc1C1CCCC(n2c(=O)nc(Nc3cccc(C(F)(F)F)c3)n(Cc3ccc(Cl)c(Cl)c3)c2=O)C1. The lowest BCUT2D eigenvalue weighted by atomic mass is 9.79. The molecule has 352 valence electrons. The van der Waals surface area contributed by atoms with E-state index in [0.29, 0.717) is 49.7 Å². The molecule has 0 amide bonds. The standard InChI is InChI=1S/C47H44Cl2F6N8O4/c1-27-16-17-28(25-60-40(56-33-11-6-9-31(23-33)46(50,51)52)58-42(64)62(44(60)66)35-13-3-2-4-14-35)20-37(27)30-8-5-15-36(22-30)63-43(65)59-41(57-34-12-7-10-32(24-34)47(53,54)55)61(45(63)67)26-29-18-19-38(48)39(49)21-29/h6-7,9-12,16-21,23-24,30,35-36H,2-5,8,13-15,22,25-26H2,1H3,(H,56,58,64)(H,57,59,65). The first-order chi connectivity index (χ1) is 31.8. The van der Waals surface area contributed by atoms with Crippen LogP contribution in [0.1, 0.15) is 109 Å². The van der Waals surface area contributed by atoms with Crippen LogP contribution in [0.3, 0.4) is 0 Å². The number of nitrogens with zero attached hydrogens (tertiary/aromatic N) is 6. The molecule has 6 aromatic rings. The predicted octanol–water partition coefficient (Wildman–Crippen LogP) is 10.8. The fourth-order valence-electron chi connectivity index (χ4n) is 9.17. The Morgan fingerprint density at radius 3 is 1.64 bits per heavy atom. The molecular formula is C47H44Cl2F6N8O4. The molecular weight excluding hydrogens is 925 g/mol. The van der Waals surface area contributed by atoms with E-state index < -0.39 is 52.3 Å². The molecule has 2 aromatic heterocycles. The van der Waals surface area contributed by atoms with Gasteiger partial charge in [-0.2, -0.15) is 36.3 Å². The molecule has 12 nitrogen and oxygen atoms in total. The second kappa shape index (κ2) is 19.2. The van der Waals surface area contributed by atoms with Crippen LogP contribution in [0.25, 0.3) is 0 Å². The molecule has 4 aromatic carbocycles. The van der Waals surface area contributed by atoms with Crippen molar-refractivity contribution >= 4 is 46.5 Å². The topological polar surface area (TPSA) is 138 Å². The predicted molar refractivity (Wildman–Crippen MR) is 243 cm³/mol. The second-order valence-electron chi connectivity index (χ2n) is 17.1. The minimum Gasteiger partial charge on any atom is -0.325 e. The Bertz CT molecular complexity index is 3070. The van der Waals surface area contributed by atoms with Gasteiger partial charge in [0.2, 0.25) is 11.9 Å². The zero-order valence-electron chi connectivity index (χ0n) is 35.9. The molecule has 0 saturated heterocycles. The van der Waals surface area contributed by atoms with Crippen molar-refractivity contribution in [2.45, 2.75) is 108 Å². The van der Waals surface area contributed by atoms with Crippen LogP contribution >= 0.6 is 23.2 Å². The van der Waals surface area contributed by atoms with E-state index in [9.17, 15) is 45.5 Å². The molecule has 2 atom stereocenters. The van der Waals surface area contributed by atoms with Crippen molar-refractivity contribution in [2.24, 2.45) is 0 Å². The Balaban J connectivity index is 1.13. The van der Waals surface area contributed by atoms with Crippen LogP contribution < -0.4 is 33.4 Å². The van der Waals surface area contributed by atoms with Crippen molar-refractivity contribution in [1.29, 1.82) is 0 Å². The lowest BCUT2D eigenvalue weighted by Gasteiger charge is -2.31. The van der Waals surface area contributed by atoms with Gasteiger partial charge < -0.3 is 10.6 Å². The van der Waals surface area contributed by atoms with Crippen molar-refractivity contribution in [3.05, 3.63) is 170 Å². The molecule has 0 bridgehead atoms. The minimum absolute atomic E-state index is 0.0247. The van der Waals surface area contributed by atoms with Gasteiger partial charge in [0.1, 0.15) is 0 Å². The molecule has 2 aliphatic carbocycles. The smallest absolute Gasteiger partial charge is 0.325 e. The number of hydrogen-bond acceptors (Lipinski definition) is 8. The highest BCUT2D eigenvalue weighted by Crippen LogP contribution is 2.40. The zero-order valence-corrected chi connectivity index (χ0v) is 37.4. The van der Waals surface area contributed by atoms with Crippen LogP contribution in [-0.4, -0.2) is 28.2 Å². The normalized spacial score (nSPS) is 17.1. The summed E-state index contributed by atoms with van der Waals surface area (Å²) in [5.41, 5.74) is -2.19. The highest BCUT2D eigenvalue weighted by atomic mass is 35.5. The molecule has 0 radical (unpaired) electrons. The van der Waals surface area contributed by atoms with Gasteiger partial charge in [0, 0.05) is 23.5 Å². The van der Waals surface area contributed by atoms with Gasteiger partial charge in [-0.15, -0.1) is 0 Å². The summed E-state index contributed by atoms with van der Waals surface area (Å²) in [6.07, 6.45) is -3.47. The number of rotatable bonds is 11. The molecule has 0 aliphatic heterocycles. The van der Waals surface area contributed by atoms with Crippen LogP contribution in [0.2, 0.25) is 10.0 Å². The summed E-state index contributed by atoms with van der Waals surface area (Å²) in [4.78, 5) is 64.7. The third-order valence-corrected chi connectivity index (χ3v) is 13.2. The maximum Gasteiger partial charge on any atom is 0.416 e. The van der Waals surface area contributed by atoms with Gasteiger partial charge in [0.05, 0.1) is 34.3 Å². The molecule has 8 rings (SSSR count). The van der Waals surface area contributed by atoms with E-state index >= 15 is 0 Å². The highest BCUT2D eigenvalue weighted by Gasteiger charge is 2.33. The number of hydrogen-bond donors (Lipinski definition) is 2. The van der Waals surface area contributed by atoms with Crippen molar-refractivity contribution < 1.29 is 26.3 Å². The van der Waals surface area contributed by atoms with Crippen molar-refractivity contribution in [3.63, 3.8) is 0 Å². The molecule has 2 fully saturated rings. The summed E-state index contributed by atoms with van der Waals surface area (Å²) < 4.78 is 86.5. The van der Waals surface area contributed by atoms with E-state index in [1.807, 2.05) is 25.1 Å². The maximum absolute atomic E-state index is 14.6. The number of aryl methyl sites for hydroxylation is 1. The molecule has 0 spiro atoms. The van der Waals surface area contributed by atoms with Gasteiger partial charge in [0.25, 0.3) is 0 Å². The van der Waals surface area contributed by atoms with Gasteiger partial charge in [-0.25, -0.2) is 28.3 Å². The van der Waals surface area contributed by atoms with E-state index in [0.717, 1.165) is 63.8 Å². The van der Waals surface area contributed by atoms with E-state index in [1.165, 1.54) is 45.5 Å². The first-order valence-electron chi connectivity index (χ1n) is 21.7. The number of aromatic nitrogens is 6. The molecule has 2 N–H and O–H groups in total. The molecule has 67 heavy (non-hydrogen) atoms. The van der Waals surface area contributed by atoms with Crippen molar-refractivity contribution in [3.8, 4) is 0 Å². The third-order valence-electron chi connectivity index (χ3n) is 12.5. The first kappa shape index (κ1) is 47.4. The summed E-state index contributed by atoms with van der Waals surface area (Å²) in [6.45, 7) is 1.63. The summed E-state index contributed by atoms with van der Waals surface area (Å²) >= 11 is 12.5. The third kappa shape index (κ3) is 10.5. The number of nitrogens with one attached hydrogen (secondary N) is 2. The molecule has 2 aliphatic rings. The summed E-state index contributed by atoms with van der Waals surface area (Å²) in [5, 5.41) is 6.00. The molecule has 20 heteroatoms. The largest absolute Gasteiger partial charge is 0.416 e. The van der Waals surface area contributed by atoms with E-state index in [-0.39, 0.29) is 58.4 Å². The van der Waals surface area contributed by atoms with Crippen LogP contribution in [-0.2, 0) is 25.4 Å². The van der Waals surface area contributed by atoms with Crippen molar-refractivity contribution in [2.75, 3.05) is 10.6 Å². The minimum atomic E-state index is -4.66. The van der Waals surface area contributed by atoms with Gasteiger partial charge in [-0.3, -0.25) is 9.13 Å². The summed E-state index contributed by atoms with van der Waals surface area (Å²) in [5.74, 6) is -0.713. The number of benzene rings is 4. The first-order valence-corrected chi connectivity index (χ1v) is 22.5. The monoisotopic (exact) mass is 968 g/mol. The van der Waals surface area contributed by atoms with Crippen LogP contribution in [0.15, 0.2) is 104 Å². The van der Waals surface area contributed by atoms with Crippen molar-refractivity contribution in [1.82, 2.24) is 28.2 Å². The lowest BCUT2D eigenvalue weighted by Crippen LogP contribution is -2.45. The van der Waals surface area contributed by atoms with E-state index in [1.54, 1.807) is 6.07 Å². The number of alkyl halides is 6. The fraction of sp³-hybridized carbons (Fsp3) is 0.362. The van der Waals surface area contributed by atoms with Gasteiger partial charge in [-0.1, -0.05) is 85.3 Å². The average Bonchev–Trinajstić information content (AvgIpc) is 3.28. The van der Waals surface area contributed by atoms with Crippen LogP contribution in [0, 0.1) is 6.92 Å². The molecule has 2 unspecified atom stereocenters. The Kier molecular flexibility index (Phi) is 13.6. The quantitative estimate of drug-likeness (QED) is 0.122. The maximum atomic E-state index is 14.6. The Hall–Kier alpha value is -6.14. The molecule has 2 heterocycles. The highest BCUT2D eigenvalue weighted by molar-refractivity contribution is 6.42. The summed E-state index contributed by atoms with van der Waals surface area (Å²) in [7, 11) is 0. The molecule has 2 saturated carbocycles. The fourth-order valence-corrected chi connectivity index (χ4v) is 9.49. The summed E-state index contributed by atoms with van der Waals surface area (Å²) in [6, 6.07) is 17.9. The Morgan fingerprint density at radius 2 is 1.10 bits per heavy atom. The van der Waals surface area contributed by atoms with E-state index in [4.69, 9.17) is 23.2 Å². The van der Waals surface area contributed by atoms with Gasteiger partial charge >= 0.3 is 35.1 Å². The Labute approximate surface area is 388 Å². The van der Waals surface area contributed by atoms with Gasteiger partial charge in [0.15, 0.2) is 0 Å². The van der Waals surface area contributed by atoms with E-state index in [2.05, 4.69) is 20.6 Å². The Morgan fingerprint density at radius 1 is 0.597 bits per heavy atom. The number of halogens is 8. The average molecular weight is 970 g/mol. The van der Waals surface area contributed by atoms with Gasteiger partial charge in [-0.05, 0) is 116 Å². The van der Waals surface area contributed by atoms with Crippen LogP contribution in [0.4, 0.5) is 49.6 Å². The second-order valence-corrected chi connectivity index (χ2v) is 17.9. The lowest BCUT2D eigenvalue weighted by molar-refractivity contribution is -0.138. The number of anilines is 4.